The quantitative estimate of drug-likeness (QED) is 0.473. The molecule has 3 aromatic rings. The van der Waals surface area contributed by atoms with E-state index < -0.39 is 18.6 Å². The Morgan fingerprint density at radius 1 is 0.971 bits per heavy atom. The zero-order chi connectivity index (χ0) is 23.8. The van der Waals surface area contributed by atoms with Crippen molar-refractivity contribution in [2.75, 3.05) is 13.2 Å². The molecule has 1 heterocycles. The average molecular weight is 496 g/mol. The van der Waals surface area contributed by atoms with Gasteiger partial charge in [0.2, 0.25) is 5.91 Å². The van der Waals surface area contributed by atoms with Crippen LogP contribution in [0.15, 0.2) is 66.7 Å². The number of benzene rings is 3. The van der Waals surface area contributed by atoms with Gasteiger partial charge in [-0.1, -0.05) is 65.7 Å². The lowest BCUT2D eigenvalue weighted by Gasteiger charge is -2.38. The second kappa shape index (κ2) is 9.32. The Morgan fingerprint density at radius 3 is 2.47 bits per heavy atom. The molecule has 5 nitrogen and oxygen atoms in total. The fraction of sp³-hybridized carbons (Fsp3) is 0.259. The van der Waals surface area contributed by atoms with Crippen molar-refractivity contribution >= 4 is 35.1 Å². The molecule has 1 amide bonds. The minimum atomic E-state index is -1.07. The first-order valence-electron chi connectivity index (χ1n) is 11.2. The van der Waals surface area contributed by atoms with Gasteiger partial charge in [-0.3, -0.25) is 4.79 Å². The number of fused-ring (bicyclic) bond motifs is 1. The van der Waals surface area contributed by atoms with Gasteiger partial charge in [0.25, 0.3) is 0 Å². The van der Waals surface area contributed by atoms with Gasteiger partial charge in [0.05, 0.1) is 6.04 Å². The molecule has 0 radical (unpaired) electrons. The molecule has 1 fully saturated rings. The second-order valence-electron chi connectivity index (χ2n) is 8.72. The van der Waals surface area contributed by atoms with Gasteiger partial charge in [0, 0.05) is 28.1 Å². The molecule has 0 bridgehead atoms. The zero-order valence-electron chi connectivity index (χ0n) is 18.3. The van der Waals surface area contributed by atoms with Gasteiger partial charge in [-0.05, 0) is 59.7 Å². The SMILES string of the molecule is O=C(O)COc1ccc(Cl)cc1C1c2ccccc2CCN1C(=O)[C@@H]1C[C@H]1c1ccccc1Cl. The topological polar surface area (TPSA) is 66.8 Å². The van der Waals surface area contributed by atoms with Gasteiger partial charge < -0.3 is 14.7 Å². The normalized spacial score (nSPS) is 21.0. The summed E-state index contributed by atoms with van der Waals surface area (Å²) in [4.78, 5) is 26.9. The third-order valence-electron chi connectivity index (χ3n) is 6.60. The predicted molar refractivity (Wildman–Crippen MR) is 131 cm³/mol. The van der Waals surface area contributed by atoms with E-state index in [1.807, 2.05) is 47.4 Å². The molecule has 5 rings (SSSR count). The molecular formula is C27H23Cl2NO4. The number of carbonyl (C=O) groups is 2. The van der Waals surface area contributed by atoms with Crippen molar-refractivity contribution in [3.8, 4) is 5.75 Å². The van der Waals surface area contributed by atoms with Crippen LogP contribution < -0.4 is 4.74 Å². The average Bonchev–Trinajstić information content (AvgIpc) is 3.63. The summed E-state index contributed by atoms with van der Waals surface area (Å²) in [5.74, 6) is -0.645. The number of carboxylic acids is 1. The van der Waals surface area contributed by atoms with Crippen LogP contribution in [0, 0.1) is 5.92 Å². The van der Waals surface area contributed by atoms with Crippen LogP contribution in [0.25, 0.3) is 0 Å². The zero-order valence-corrected chi connectivity index (χ0v) is 19.8. The van der Waals surface area contributed by atoms with Crippen molar-refractivity contribution in [3.05, 3.63) is 99.0 Å². The Kier molecular flexibility index (Phi) is 6.24. The van der Waals surface area contributed by atoms with Crippen LogP contribution in [0.2, 0.25) is 10.0 Å². The first kappa shape index (κ1) is 22.8. The summed E-state index contributed by atoms with van der Waals surface area (Å²) in [6, 6.07) is 20.4. The molecular weight excluding hydrogens is 473 g/mol. The summed E-state index contributed by atoms with van der Waals surface area (Å²) in [6.07, 6.45) is 1.50. The number of halogens is 2. The number of ether oxygens (including phenoxy) is 1. The number of hydrogen-bond acceptors (Lipinski definition) is 3. The molecule has 174 valence electrons. The maximum absolute atomic E-state index is 13.8. The van der Waals surface area contributed by atoms with E-state index in [1.165, 1.54) is 0 Å². The molecule has 3 aromatic carbocycles. The molecule has 7 heteroatoms. The van der Waals surface area contributed by atoms with Crippen LogP contribution in [0.5, 0.6) is 5.75 Å². The van der Waals surface area contributed by atoms with Crippen LogP contribution in [0.4, 0.5) is 0 Å². The third kappa shape index (κ3) is 4.38. The molecule has 0 aromatic heterocycles. The van der Waals surface area contributed by atoms with Crippen molar-refractivity contribution in [2.24, 2.45) is 5.92 Å². The summed E-state index contributed by atoms with van der Waals surface area (Å²) < 4.78 is 5.62. The van der Waals surface area contributed by atoms with Crippen molar-refractivity contribution in [1.29, 1.82) is 0 Å². The maximum atomic E-state index is 13.8. The number of hydrogen-bond donors (Lipinski definition) is 1. The minimum absolute atomic E-state index is 0.0635. The van der Waals surface area contributed by atoms with Crippen molar-refractivity contribution in [1.82, 2.24) is 4.90 Å². The number of rotatable bonds is 6. The van der Waals surface area contributed by atoms with E-state index >= 15 is 0 Å². The van der Waals surface area contributed by atoms with Crippen molar-refractivity contribution < 1.29 is 19.4 Å². The number of carboxylic acid groups (broad SMARTS) is 1. The van der Waals surface area contributed by atoms with Gasteiger partial charge in [-0.25, -0.2) is 4.79 Å². The van der Waals surface area contributed by atoms with E-state index in [-0.39, 0.29) is 17.7 Å². The Balaban J connectivity index is 1.52. The van der Waals surface area contributed by atoms with Crippen molar-refractivity contribution in [2.45, 2.75) is 24.8 Å². The molecule has 1 unspecified atom stereocenters. The highest BCUT2D eigenvalue weighted by Crippen LogP contribution is 2.52. The molecule has 34 heavy (non-hydrogen) atoms. The summed E-state index contributed by atoms with van der Waals surface area (Å²) in [5.41, 5.74) is 3.84. The third-order valence-corrected chi connectivity index (χ3v) is 7.18. The smallest absolute Gasteiger partial charge is 0.341 e. The number of nitrogens with zero attached hydrogens (tertiary/aromatic N) is 1. The number of carbonyl (C=O) groups excluding carboxylic acids is 1. The predicted octanol–water partition coefficient (Wildman–Crippen LogP) is 5.73. The van der Waals surface area contributed by atoms with E-state index in [4.69, 9.17) is 33.0 Å². The largest absolute Gasteiger partial charge is 0.482 e. The number of aliphatic carboxylic acids is 1. The van der Waals surface area contributed by atoms with Crippen LogP contribution in [-0.4, -0.2) is 35.0 Å². The highest BCUT2D eigenvalue weighted by Gasteiger charge is 2.48. The first-order valence-corrected chi connectivity index (χ1v) is 12.0. The summed E-state index contributed by atoms with van der Waals surface area (Å²) in [5, 5.41) is 10.3. The monoisotopic (exact) mass is 495 g/mol. The summed E-state index contributed by atoms with van der Waals surface area (Å²) in [7, 11) is 0. The standard InChI is InChI=1S/C27H23Cl2NO4/c28-17-9-10-24(34-15-25(31)32)22(13-17)26-18-6-2-1-5-16(18)11-12-30(26)27(33)21-14-20(21)19-7-3-4-8-23(19)29/h1-10,13,20-21,26H,11-12,14-15H2,(H,31,32)/t20-,21+,26?/m0/s1. The van der Waals surface area contributed by atoms with E-state index in [0.29, 0.717) is 27.9 Å². The molecule has 3 atom stereocenters. The van der Waals surface area contributed by atoms with Crippen LogP contribution in [0.3, 0.4) is 0 Å². The Hall–Kier alpha value is -3.02. The highest BCUT2D eigenvalue weighted by molar-refractivity contribution is 6.31. The Bertz CT molecular complexity index is 1260. The van der Waals surface area contributed by atoms with E-state index in [2.05, 4.69) is 6.07 Å². The van der Waals surface area contributed by atoms with Gasteiger partial charge in [0.1, 0.15) is 5.75 Å². The van der Waals surface area contributed by atoms with Crippen molar-refractivity contribution in [3.63, 3.8) is 0 Å². The van der Waals surface area contributed by atoms with Crippen LogP contribution >= 0.6 is 23.2 Å². The molecule has 0 saturated heterocycles. The molecule has 1 N–H and O–H groups in total. The van der Waals surface area contributed by atoms with Crippen LogP contribution in [-0.2, 0) is 16.0 Å². The fourth-order valence-electron chi connectivity index (χ4n) is 4.94. The second-order valence-corrected chi connectivity index (χ2v) is 9.56. The Labute approximate surface area is 207 Å². The molecule has 0 spiro atoms. The lowest BCUT2D eigenvalue weighted by molar-refractivity contribution is -0.139. The molecule has 1 saturated carbocycles. The molecule has 1 aliphatic carbocycles. The first-order chi connectivity index (χ1) is 16.4. The van der Waals surface area contributed by atoms with E-state index in [1.54, 1.807) is 18.2 Å². The fourth-order valence-corrected chi connectivity index (χ4v) is 5.40. The molecule has 1 aliphatic heterocycles. The van der Waals surface area contributed by atoms with Gasteiger partial charge in [-0.15, -0.1) is 0 Å². The Morgan fingerprint density at radius 2 is 1.71 bits per heavy atom. The highest BCUT2D eigenvalue weighted by atomic mass is 35.5. The van der Waals surface area contributed by atoms with Crippen LogP contribution in [0.1, 0.15) is 40.6 Å². The minimum Gasteiger partial charge on any atom is -0.482 e. The summed E-state index contributed by atoms with van der Waals surface area (Å²) >= 11 is 12.8. The maximum Gasteiger partial charge on any atom is 0.341 e. The van der Waals surface area contributed by atoms with Gasteiger partial charge in [0.15, 0.2) is 6.61 Å². The van der Waals surface area contributed by atoms with E-state index in [0.717, 1.165) is 29.5 Å². The van der Waals surface area contributed by atoms with E-state index in [9.17, 15) is 9.59 Å². The van der Waals surface area contributed by atoms with Gasteiger partial charge >= 0.3 is 5.97 Å². The molecule has 2 aliphatic rings. The van der Waals surface area contributed by atoms with Gasteiger partial charge in [-0.2, -0.15) is 0 Å². The number of amides is 1. The summed E-state index contributed by atoms with van der Waals surface area (Å²) in [6.45, 7) is 0.0747. The lowest BCUT2D eigenvalue weighted by Crippen LogP contribution is -2.41. The lowest BCUT2D eigenvalue weighted by atomic mass is 9.87.